The number of carbonyl (C=O) groups is 1. The van der Waals surface area contributed by atoms with Crippen molar-refractivity contribution in [1.82, 2.24) is 4.98 Å². The Morgan fingerprint density at radius 1 is 1.10 bits per heavy atom. The van der Waals surface area contributed by atoms with Crippen LogP contribution in [0, 0.1) is 0 Å². The number of nitrogens with zero attached hydrogens (tertiary/aromatic N) is 1. The first-order valence-corrected chi connectivity index (χ1v) is 10.7. The average molecular weight is 408 g/mol. The van der Waals surface area contributed by atoms with Crippen LogP contribution in [0.2, 0.25) is 0 Å². The van der Waals surface area contributed by atoms with Crippen molar-refractivity contribution in [2.75, 3.05) is 19.5 Å². The molecular formula is C24H25NO3S. The molecule has 29 heavy (non-hydrogen) atoms. The number of rotatable bonds is 9. The van der Waals surface area contributed by atoms with E-state index in [1.807, 2.05) is 54.2 Å². The Balaban J connectivity index is 1.71. The lowest BCUT2D eigenvalue weighted by atomic mass is 10.1. The highest BCUT2D eigenvalue weighted by atomic mass is 32.2. The van der Waals surface area contributed by atoms with Gasteiger partial charge in [0, 0.05) is 10.3 Å². The second-order valence-electron chi connectivity index (χ2n) is 6.56. The minimum atomic E-state index is -0.404. The summed E-state index contributed by atoms with van der Waals surface area (Å²) in [6.07, 6.45) is 6.40. The first kappa shape index (κ1) is 20.9. The summed E-state index contributed by atoms with van der Waals surface area (Å²) in [5.74, 6) is 1.35. The van der Waals surface area contributed by atoms with Crippen LogP contribution in [0.1, 0.15) is 31.0 Å². The molecule has 5 heteroatoms. The Morgan fingerprint density at radius 3 is 2.79 bits per heavy atom. The van der Waals surface area contributed by atoms with Crippen LogP contribution >= 0.6 is 11.8 Å². The molecule has 2 aromatic carbocycles. The summed E-state index contributed by atoms with van der Waals surface area (Å²) in [4.78, 5) is 17.3. The highest BCUT2D eigenvalue weighted by molar-refractivity contribution is 7.99. The Morgan fingerprint density at radius 2 is 1.97 bits per heavy atom. The predicted molar refractivity (Wildman–Crippen MR) is 120 cm³/mol. The number of carbonyl (C=O) groups excluding carboxylic acids is 1. The van der Waals surface area contributed by atoms with Crippen molar-refractivity contribution < 1.29 is 14.3 Å². The van der Waals surface area contributed by atoms with Crippen molar-refractivity contribution in [2.45, 2.75) is 24.7 Å². The van der Waals surface area contributed by atoms with Gasteiger partial charge in [0.15, 0.2) is 6.61 Å². The van der Waals surface area contributed by atoms with Gasteiger partial charge >= 0.3 is 5.97 Å². The minimum Gasteiger partial charge on any atom is -0.482 e. The zero-order valence-corrected chi connectivity index (χ0v) is 17.6. The van der Waals surface area contributed by atoms with Crippen molar-refractivity contribution >= 4 is 40.8 Å². The van der Waals surface area contributed by atoms with Gasteiger partial charge in [0.05, 0.1) is 18.3 Å². The molecule has 3 rings (SSSR count). The van der Waals surface area contributed by atoms with Crippen molar-refractivity contribution in [3.05, 3.63) is 65.9 Å². The highest BCUT2D eigenvalue weighted by Crippen LogP contribution is 2.24. The number of fused-ring (bicyclic) bond motifs is 1. The van der Waals surface area contributed by atoms with Gasteiger partial charge in [-0.3, -0.25) is 0 Å². The molecule has 0 fully saturated rings. The second-order valence-corrected chi connectivity index (χ2v) is 7.73. The van der Waals surface area contributed by atoms with Gasteiger partial charge in [0.2, 0.25) is 0 Å². The smallest absolute Gasteiger partial charge is 0.343 e. The zero-order chi connectivity index (χ0) is 20.5. The molecule has 0 N–H and O–H groups in total. The van der Waals surface area contributed by atoms with E-state index >= 15 is 0 Å². The third-order valence-electron chi connectivity index (χ3n) is 4.34. The number of ether oxygens (including phenoxy) is 2. The standard InChI is InChI=1S/C24H25NO3S/c1-3-4-14-29-22-13-10-19-9-12-20(25-23(19)16-22)11-8-18-6-5-7-21(15-18)28-17-24(26)27-2/h5-13,15-16H,3-4,14,17H2,1-2H3/b11-8+. The lowest BCUT2D eigenvalue weighted by Gasteiger charge is -2.05. The number of unbranched alkanes of at least 4 members (excludes halogenated alkanes) is 1. The molecule has 0 saturated carbocycles. The third-order valence-corrected chi connectivity index (χ3v) is 5.42. The number of aromatic nitrogens is 1. The van der Waals surface area contributed by atoms with Gasteiger partial charge in [-0.05, 0) is 54.1 Å². The van der Waals surface area contributed by atoms with Crippen molar-refractivity contribution in [1.29, 1.82) is 0 Å². The lowest BCUT2D eigenvalue weighted by molar-refractivity contribution is -0.142. The van der Waals surface area contributed by atoms with E-state index in [1.165, 1.54) is 24.8 Å². The fourth-order valence-corrected chi connectivity index (χ4v) is 3.75. The van der Waals surface area contributed by atoms with Crippen LogP contribution < -0.4 is 4.74 Å². The summed E-state index contributed by atoms with van der Waals surface area (Å²) in [6.45, 7) is 2.11. The van der Waals surface area contributed by atoms with Crippen LogP contribution in [0.25, 0.3) is 23.1 Å². The number of esters is 1. The lowest BCUT2D eigenvalue weighted by Crippen LogP contribution is -2.12. The first-order valence-electron chi connectivity index (χ1n) is 9.69. The van der Waals surface area contributed by atoms with Gasteiger partial charge in [0.25, 0.3) is 0 Å². The highest BCUT2D eigenvalue weighted by Gasteiger charge is 2.02. The molecule has 150 valence electrons. The van der Waals surface area contributed by atoms with E-state index < -0.39 is 5.97 Å². The van der Waals surface area contributed by atoms with Gasteiger partial charge in [-0.15, -0.1) is 11.8 Å². The van der Waals surface area contributed by atoms with Gasteiger partial charge in [-0.1, -0.05) is 43.7 Å². The molecule has 1 heterocycles. The normalized spacial score (nSPS) is 11.1. The molecule has 4 nitrogen and oxygen atoms in total. The number of hydrogen-bond acceptors (Lipinski definition) is 5. The summed E-state index contributed by atoms with van der Waals surface area (Å²) in [5, 5.41) is 1.14. The van der Waals surface area contributed by atoms with E-state index in [1.54, 1.807) is 0 Å². The average Bonchev–Trinajstić information content (AvgIpc) is 2.76. The second kappa shape index (κ2) is 10.7. The molecule has 0 spiro atoms. The van der Waals surface area contributed by atoms with E-state index in [0.29, 0.717) is 5.75 Å². The Bertz CT molecular complexity index is 1000. The van der Waals surface area contributed by atoms with Crippen LogP contribution in [-0.4, -0.2) is 30.4 Å². The Hall–Kier alpha value is -2.79. The van der Waals surface area contributed by atoms with Crippen molar-refractivity contribution in [3.8, 4) is 5.75 Å². The fourth-order valence-electron chi connectivity index (χ4n) is 2.72. The summed E-state index contributed by atoms with van der Waals surface area (Å²) in [5.41, 5.74) is 2.87. The Labute approximate surface area is 175 Å². The third kappa shape index (κ3) is 6.36. The van der Waals surface area contributed by atoms with E-state index in [9.17, 15) is 4.79 Å². The van der Waals surface area contributed by atoms with E-state index in [0.717, 1.165) is 27.9 Å². The number of pyridine rings is 1. The summed E-state index contributed by atoms with van der Waals surface area (Å²) < 4.78 is 10.0. The molecule has 0 bridgehead atoms. The van der Waals surface area contributed by atoms with Gasteiger partial charge in [0.1, 0.15) is 5.75 Å². The molecule has 3 aromatic rings. The SMILES string of the molecule is CCCCSc1ccc2ccc(/C=C/c3cccc(OCC(=O)OC)c3)nc2c1. The molecule has 0 amide bonds. The largest absolute Gasteiger partial charge is 0.482 e. The minimum absolute atomic E-state index is 0.103. The molecule has 0 aliphatic heterocycles. The maximum absolute atomic E-state index is 11.2. The van der Waals surface area contributed by atoms with Crippen molar-refractivity contribution in [3.63, 3.8) is 0 Å². The number of benzene rings is 2. The van der Waals surface area contributed by atoms with E-state index in [-0.39, 0.29) is 6.61 Å². The maximum Gasteiger partial charge on any atom is 0.343 e. The molecular weight excluding hydrogens is 382 g/mol. The molecule has 1 aromatic heterocycles. The van der Waals surface area contributed by atoms with Crippen LogP contribution in [0.5, 0.6) is 5.75 Å². The van der Waals surface area contributed by atoms with Crippen LogP contribution in [0.3, 0.4) is 0 Å². The summed E-state index contributed by atoms with van der Waals surface area (Å²) in [6, 6.07) is 18.1. The fraction of sp³-hybridized carbons (Fsp3) is 0.250. The Kier molecular flexibility index (Phi) is 7.70. The summed E-state index contributed by atoms with van der Waals surface area (Å²) >= 11 is 1.88. The molecule has 0 saturated heterocycles. The first-order chi connectivity index (χ1) is 14.2. The maximum atomic E-state index is 11.2. The molecule has 0 radical (unpaired) electrons. The zero-order valence-electron chi connectivity index (χ0n) is 16.8. The summed E-state index contributed by atoms with van der Waals surface area (Å²) in [7, 11) is 1.34. The number of thioether (sulfide) groups is 1. The quantitative estimate of drug-likeness (QED) is 0.253. The van der Waals surface area contributed by atoms with Gasteiger partial charge < -0.3 is 9.47 Å². The number of methoxy groups -OCH3 is 1. The molecule has 0 atom stereocenters. The number of hydrogen-bond donors (Lipinski definition) is 0. The van der Waals surface area contributed by atoms with E-state index in [2.05, 4.69) is 35.9 Å². The van der Waals surface area contributed by atoms with Crippen LogP contribution in [-0.2, 0) is 9.53 Å². The van der Waals surface area contributed by atoms with Crippen LogP contribution in [0.15, 0.2) is 59.5 Å². The predicted octanol–water partition coefficient (Wildman–Crippen LogP) is 5.85. The van der Waals surface area contributed by atoms with Crippen LogP contribution in [0.4, 0.5) is 0 Å². The monoisotopic (exact) mass is 407 g/mol. The van der Waals surface area contributed by atoms with Gasteiger partial charge in [-0.25, -0.2) is 9.78 Å². The van der Waals surface area contributed by atoms with Crippen molar-refractivity contribution in [2.24, 2.45) is 0 Å². The molecule has 0 aliphatic carbocycles. The van der Waals surface area contributed by atoms with Gasteiger partial charge in [-0.2, -0.15) is 0 Å². The molecule has 0 aliphatic rings. The topological polar surface area (TPSA) is 48.4 Å². The molecule has 0 unspecified atom stereocenters. The van der Waals surface area contributed by atoms with E-state index in [4.69, 9.17) is 9.72 Å².